The molecule has 1 unspecified atom stereocenters. The second-order valence-electron chi connectivity index (χ2n) is 4.73. The van der Waals surface area contributed by atoms with Crippen LogP contribution in [0, 0.1) is 0 Å². The lowest BCUT2D eigenvalue weighted by Crippen LogP contribution is -2.58. The lowest BCUT2D eigenvalue weighted by Gasteiger charge is -2.29. The van der Waals surface area contributed by atoms with Crippen LogP contribution in [0.3, 0.4) is 0 Å². The first-order chi connectivity index (χ1) is 8.66. The molecule has 0 aliphatic rings. The molecule has 5 heteroatoms. The highest BCUT2D eigenvalue weighted by Gasteiger charge is 2.44. The van der Waals surface area contributed by atoms with Gasteiger partial charge in [0, 0.05) is 21.3 Å². The smallest absolute Gasteiger partial charge is 0.376 e. The van der Waals surface area contributed by atoms with Crippen LogP contribution in [0.15, 0.2) is 0 Å². The molecule has 0 bridgehead atoms. The molecule has 0 heterocycles. The maximum Gasteiger partial charge on any atom is 0.517 e. The summed E-state index contributed by atoms with van der Waals surface area (Å²) >= 11 is 0. The summed E-state index contributed by atoms with van der Waals surface area (Å²) in [6.45, 7) is 2.24. The van der Waals surface area contributed by atoms with Crippen LogP contribution in [0.25, 0.3) is 0 Å². The number of nitrogens with two attached hydrogens (primary N) is 1. The largest absolute Gasteiger partial charge is 0.517 e. The van der Waals surface area contributed by atoms with Gasteiger partial charge in [-0.2, -0.15) is 0 Å². The first-order valence-electron chi connectivity index (χ1n) is 7.07. The van der Waals surface area contributed by atoms with E-state index in [0.717, 1.165) is 12.8 Å². The Morgan fingerprint density at radius 2 is 1.28 bits per heavy atom. The average Bonchev–Trinajstić information content (AvgIpc) is 2.40. The number of hydrogen-bond donors (Lipinski definition) is 1. The fourth-order valence-electron chi connectivity index (χ4n) is 2.20. The van der Waals surface area contributed by atoms with Gasteiger partial charge in [0.25, 0.3) is 0 Å². The van der Waals surface area contributed by atoms with E-state index in [-0.39, 0.29) is 5.67 Å². The topological polar surface area (TPSA) is 53.7 Å². The molecule has 0 saturated carbocycles. The summed E-state index contributed by atoms with van der Waals surface area (Å²) in [6.07, 6.45) is 9.92. The fraction of sp³-hybridized carbons (Fsp3) is 1.00. The maximum atomic E-state index is 6.13. The van der Waals surface area contributed by atoms with Crippen LogP contribution in [0.5, 0.6) is 0 Å². The van der Waals surface area contributed by atoms with Gasteiger partial charge in [0.05, 0.1) is 5.67 Å². The van der Waals surface area contributed by atoms with Crippen molar-refractivity contribution in [2.75, 3.05) is 21.3 Å². The van der Waals surface area contributed by atoms with Gasteiger partial charge in [0.1, 0.15) is 0 Å². The van der Waals surface area contributed by atoms with E-state index in [1.54, 1.807) is 21.3 Å². The van der Waals surface area contributed by atoms with Crippen LogP contribution in [0.1, 0.15) is 58.3 Å². The van der Waals surface area contributed by atoms with Gasteiger partial charge < -0.3 is 19.0 Å². The van der Waals surface area contributed by atoms with Gasteiger partial charge in [-0.25, -0.2) is 0 Å². The van der Waals surface area contributed by atoms with Gasteiger partial charge in [0.15, 0.2) is 0 Å². The van der Waals surface area contributed by atoms with Crippen molar-refractivity contribution in [3.05, 3.63) is 0 Å². The zero-order chi connectivity index (χ0) is 13.9. The van der Waals surface area contributed by atoms with Crippen molar-refractivity contribution in [2.45, 2.75) is 64.0 Å². The van der Waals surface area contributed by atoms with E-state index >= 15 is 0 Å². The summed E-state index contributed by atoms with van der Waals surface area (Å²) in [6, 6.07) is 0. The molecule has 0 aliphatic carbocycles. The molecular formula is C13H31NO3Si. The molecule has 0 spiro atoms. The van der Waals surface area contributed by atoms with E-state index in [1.807, 2.05) is 0 Å². The monoisotopic (exact) mass is 277 g/mol. The Labute approximate surface area is 114 Å². The SMILES string of the molecule is CCCCCCCCCC(N)[Si](OC)(OC)OC. The number of rotatable bonds is 12. The highest BCUT2D eigenvalue weighted by molar-refractivity contribution is 6.62. The van der Waals surface area contributed by atoms with Gasteiger partial charge in [-0.1, -0.05) is 51.9 Å². The Morgan fingerprint density at radius 1 is 0.833 bits per heavy atom. The highest BCUT2D eigenvalue weighted by Crippen LogP contribution is 2.16. The molecule has 1 atom stereocenters. The molecule has 0 radical (unpaired) electrons. The van der Waals surface area contributed by atoms with Crippen molar-refractivity contribution >= 4 is 8.80 Å². The molecule has 0 amide bonds. The van der Waals surface area contributed by atoms with Crippen LogP contribution in [0.4, 0.5) is 0 Å². The lowest BCUT2D eigenvalue weighted by atomic mass is 10.1. The molecule has 0 aromatic carbocycles. The predicted molar refractivity (Wildman–Crippen MR) is 77.4 cm³/mol. The zero-order valence-corrected chi connectivity index (χ0v) is 13.5. The molecule has 110 valence electrons. The molecule has 2 N–H and O–H groups in total. The third kappa shape index (κ3) is 6.29. The summed E-state index contributed by atoms with van der Waals surface area (Å²) in [5.41, 5.74) is 6.02. The normalized spacial score (nSPS) is 13.8. The third-order valence-corrected chi connectivity index (χ3v) is 6.33. The quantitative estimate of drug-likeness (QED) is 0.440. The van der Waals surface area contributed by atoms with E-state index < -0.39 is 8.80 Å². The Balaban J connectivity index is 3.71. The van der Waals surface area contributed by atoms with Crippen molar-refractivity contribution in [1.82, 2.24) is 0 Å². The zero-order valence-electron chi connectivity index (χ0n) is 12.5. The van der Waals surface area contributed by atoms with Crippen molar-refractivity contribution in [3.8, 4) is 0 Å². The first kappa shape index (κ1) is 18.1. The predicted octanol–water partition coefficient (Wildman–Crippen LogP) is 2.87. The Bertz CT molecular complexity index is 181. The molecule has 0 saturated heterocycles. The van der Waals surface area contributed by atoms with Crippen molar-refractivity contribution in [1.29, 1.82) is 0 Å². The fourth-order valence-corrected chi connectivity index (χ4v) is 4.17. The molecular weight excluding hydrogens is 246 g/mol. The lowest BCUT2D eigenvalue weighted by molar-refractivity contribution is 0.111. The van der Waals surface area contributed by atoms with E-state index in [2.05, 4.69) is 6.92 Å². The molecule has 18 heavy (non-hydrogen) atoms. The Kier molecular flexibility index (Phi) is 11.0. The van der Waals surface area contributed by atoms with Gasteiger partial charge in [-0.3, -0.25) is 0 Å². The van der Waals surface area contributed by atoms with Crippen LogP contribution in [-0.4, -0.2) is 35.8 Å². The van der Waals surface area contributed by atoms with Gasteiger partial charge >= 0.3 is 8.80 Å². The van der Waals surface area contributed by atoms with Crippen LogP contribution in [-0.2, 0) is 13.3 Å². The van der Waals surface area contributed by atoms with E-state index in [1.165, 1.54) is 38.5 Å². The van der Waals surface area contributed by atoms with Crippen molar-refractivity contribution < 1.29 is 13.3 Å². The van der Waals surface area contributed by atoms with E-state index in [0.29, 0.717) is 0 Å². The van der Waals surface area contributed by atoms with E-state index in [9.17, 15) is 0 Å². The third-order valence-electron chi connectivity index (χ3n) is 3.43. The highest BCUT2D eigenvalue weighted by atomic mass is 28.4. The Morgan fingerprint density at radius 3 is 1.72 bits per heavy atom. The van der Waals surface area contributed by atoms with E-state index in [4.69, 9.17) is 19.0 Å². The minimum atomic E-state index is -2.62. The second-order valence-corrected chi connectivity index (χ2v) is 7.91. The minimum Gasteiger partial charge on any atom is -0.376 e. The van der Waals surface area contributed by atoms with Crippen LogP contribution >= 0.6 is 0 Å². The van der Waals surface area contributed by atoms with Crippen molar-refractivity contribution in [3.63, 3.8) is 0 Å². The molecule has 0 aromatic heterocycles. The second kappa shape index (κ2) is 10.9. The van der Waals surface area contributed by atoms with Gasteiger partial charge in [-0.05, 0) is 6.42 Å². The van der Waals surface area contributed by atoms with Crippen LogP contribution < -0.4 is 5.73 Å². The maximum absolute atomic E-state index is 6.13. The molecule has 0 fully saturated rings. The summed E-state index contributed by atoms with van der Waals surface area (Å²) in [5.74, 6) is 0. The number of hydrogen-bond acceptors (Lipinski definition) is 4. The number of unbranched alkanes of at least 4 members (excludes halogenated alkanes) is 6. The van der Waals surface area contributed by atoms with Gasteiger partial charge in [-0.15, -0.1) is 0 Å². The molecule has 0 aromatic rings. The molecule has 4 nitrogen and oxygen atoms in total. The molecule has 0 rings (SSSR count). The van der Waals surface area contributed by atoms with Gasteiger partial charge in [0.2, 0.25) is 0 Å². The Hall–Kier alpha value is 0.0569. The van der Waals surface area contributed by atoms with Crippen LogP contribution in [0.2, 0.25) is 0 Å². The standard InChI is InChI=1S/C13H31NO3Si/c1-5-6-7-8-9-10-11-12-13(14)18(15-2,16-3)17-4/h13H,5-12,14H2,1-4H3. The average molecular weight is 277 g/mol. The summed E-state index contributed by atoms with van der Waals surface area (Å²) in [5, 5.41) is 0. The minimum absolute atomic E-state index is 0.117. The first-order valence-corrected chi connectivity index (χ1v) is 8.88. The summed E-state index contributed by atoms with van der Waals surface area (Å²) in [7, 11) is 2.22. The summed E-state index contributed by atoms with van der Waals surface area (Å²) < 4.78 is 16.1. The molecule has 0 aliphatic heterocycles. The van der Waals surface area contributed by atoms with Crippen molar-refractivity contribution in [2.24, 2.45) is 5.73 Å². The summed E-state index contributed by atoms with van der Waals surface area (Å²) in [4.78, 5) is 0.